The van der Waals surface area contributed by atoms with E-state index in [0.29, 0.717) is 16.6 Å². The predicted octanol–water partition coefficient (Wildman–Crippen LogP) is 3.89. The smallest absolute Gasteiger partial charge is 0.263 e. The van der Waals surface area contributed by atoms with E-state index in [9.17, 15) is 13.2 Å². The zero-order chi connectivity index (χ0) is 21.0. The van der Waals surface area contributed by atoms with Crippen molar-refractivity contribution in [2.75, 3.05) is 16.6 Å². The number of nitrogens with zero attached hydrogens (tertiary/aromatic N) is 1. The topological polar surface area (TPSA) is 97.4 Å². The van der Waals surface area contributed by atoms with E-state index in [2.05, 4.69) is 15.0 Å². The van der Waals surface area contributed by atoms with Gasteiger partial charge in [0.2, 0.25) is 0 Å². The summed E-state index contributed by atoms with van der Waals surface area (Å²) in [5.74, 6) is 0.362. The summed E-state index contributed by atoms with van der Waals surface area (Å²) in [5, 5.41) is 4.67. The quantitative estimate of drug-likeness (QED) is 0.592. The van der Waals surface area contributed by atoms with E-state index in [1.165, 1.54) is 41.8 Å². The molecule has 1 aromatic heterocycles. The number of aryl methyl sites for hydroxylation is 3. The molecular formula is C20H21N3O4S2. The van der Waals surface area contributed by atoms with Crippen LogP contribution in [0.5, 0.6) is 5.75 Å². The van der Waals surface area contributed by atoms with Crippen LogP contribution in [0, 0.1) is 20.8 Å². The van der Waals surface area contributed by atoms with Crippen LogP contribution >= 0.6 is 11.3 Å². The summed E-state index contributed by atoms with van der Waals surface area (Å²) in [6, 6.07) is 9.88. The van der Waals surface area contributed by atoms with Crippen LogP contribution in [0.4, 0.5) is 10.8 Å². The molecule has 0 unspecified atom stereocenters. The molecule has 2 N–H and O–H groups in total. The van der Waals surface area contributed by atoms with Gasteiger partial charge in [-0.1, -0.05) is 17.7 Å². The van der Waals surface area contributed by atoms with Gasteiger partial charge in [0.1, 0.15) is 5.75 Å². The summed E-state index contributed by atoms with van der Waals surface area (Å²) in [5.41, 5.74) is 3.55. The standard InChI is InChI=1S/C20H21N3O4S2/c1-13-10-14(2)19(15(3)11-13)27-12-18(24)22-16-4-6-17(7-5-16)29(25,26)23-20-21-8-9-28-20/h4-11H,12H2,1-3H3,(H,21,23)(H,22,24). The molecule has 0 saturated heterocycles. The molecule has 1 heterocycles. The second-order valence-electron chi connectivity index (χ2n) is 6.53. The lowest BCUT2D eigenvalue weighted by molar-refractivity contribution is -0.118. The monoisotopic (exact) mass is 431 g/mol. The molecule has 29 heavy (non-hydrogen) atoms. The predicted molar refractivity (Wildman–Crippen MR) is 114 cm³/mol. The van der Waals surface area contributed by atoms with E-state index in [-0.39, 0.29) is 17.4 Å². The van der Waals surface area contributed by atoms with Crippen molar-refractivity contribution in [2.24, 2.45) is 0 Å². The number of aromatic nitrogens is 1. The van der Waals surface area contributed by atoms with Gasteiger partial charge < -0.3 is 10.1 Å². The van der Waals surface area contributed by atoms with Gasteiger partial charge in [0.15, 0.2) is 11.7 Å². The molecule has 2 aromatic carbocycles. The number of sulfonamides is 1. The second kappa shape index (κ2) is 8.62. The minimum absolute atomic E-state index is 0.0767. The first-order valence-electron chi connectivity index (χ1n) is 8.77. The Morgan fingerprint density at radius 2 is 1.76 bits per heavy atom. The first kappa shape index (κ1) is 20.8. The van der Waals surface area contributed by atoms with Crippen LogP contribution in [0.2, 0.25) is 0 Å². The zero-order valence-electron chi connectivity index (χ0n) is 16.2. The Bertz CT molecular complexity index is 1090. The van der Waals surface area contributed by atoms with Crippen molar-refractivity contribution in [3.63, 3.8) is 0 Å². The van der Waals surface area contributed by atoms with E-state index in [1.54, 1.807) is 5.38 Å². The van der Waals surface area contributed by atoms with Crippen LogP contribution in [-0.2, 0) is 14.8 Å². The van der Waals surface area contributed by atoms with Crippen LogP contribution in [-0.4, -0.2) is 25.9 Å². The molecule has 0 atom stereocenters. The minimum atomic E-state index is -3.73. The molecular weight excluding hydrogens is 410 g/mol. The second-order valence-corrected chi connectivity index (χ2v) is 9.11. The van der Waals surface area contributed by atoms with Gasteiger partial charge in [0, 0.05) is 17.3 Å². The number of carbonyl (C=O) groups excluding carboxylic acids is 1. The van der Waals surface area contributed by atoms with Gasteiger partial charge in [-0.25, -0.2) is 13.4 Å². The third kappa shape index (κ3) is 5.33. The maximum absolute atomic E-state index is 12.3. The molecule has 3 aromatic rings. The molecule has 1 amide bonds. The van der Waals surface area contributed by atoms with Crippen molar-refractivity contribution < 1.29 is 17.9 Å². The number of carbonyl (C=O) groups is 1. The molecule has 0 aliphatic carbocycles. The lowest BCUT2D eigenvalue weighted by atomic mass is 10.1. The normalized spacial score (nSPS) is 11.1. The molecule has 152 valence electrons. The summed E-state index contributed by atoms with van der Waals surface area (Å²) >= 11 is 1.19. The summed E-state index contributed by atoms with van der Waals surface area (Å²) in [6.45, 7) is 5.74. The highest BCUT2D eigenvalue weighted by Gasteiger charge is 2.15. The van der Waals surface area contributed by atoms with Gasteiger partial charge in [-0.05, 0) is 56.2 Å². The third-order valence-electron chi connectivity index (χ3n) is 4.05. The summed E-state index contributed by atoms with van der Waals surface area (Å²) < 4.78 is 32.7. The van der Waals surface area contributed by atoms with Crippen molar-refractivity contribution in [1.29, 1.82) is 0 Å². The highest BCUT2D eigenvalue weighted by molar-refractivity contribution is 7.93. The average Bonchev–Trinajstić information content (AvgIpc) is 3.13. The molecule has 7 nitrogen and oxygen atoms in total. The molecule has 0 spiro atoms. The van der Waals surface area contributed by atoms with Crippen LogP contribution in [0.3, 0.4) is 0 Å². The summed E-state index contributed by atoms with van der Waals surface area (Å²) in [6.07, 6.45) is 1.52. The van der Waals surface area contributed by atoms with Crippen molar-refractivity contribution in [3.8, 4) is 5.75 Å². The number of hydrogen-bond donors (Lipinski definition) is 2. The van der Waals surface area contributed by atoms with E-state index in [1.807, 2.05) is 32.9 Å². The molecule has 0 aliphatic rings. The Balaban J connectivity index is 1.60. The van der Waals surface area contributed by atoms with Gasteiger partial charge >= 0.3 is 0 Å². The Labute approximate surface area is 173 Å². The molecule has 9 heteroatoms. The summed E-state index contributed by atoms with van der Waals surface area (Å²) in [7, 11) is -3.73. The lowest BCUT2D eigenvalue weighted by Crippen LogP contribution is -2.21. The maximum atomic E-state index is 12.3. The van der Waals surface area contributed by atoms with Crippen LogP contribution in [0.25, 0.3) is 0 Å². The number of nitrogens with one attached hydrogen (secondary N) is 2. The molecule has 0 saturated carbocycles. The fourth-order valence-electron chi connectivity index (χ4n) is 2.89. The fraction of sp³-hybridized carbons (Fsp3) is 0.200. The van der Waals surface area contributed by atoms with Gasteiger partial charge in [-0.2, -0.15) is 0 Å². The number of anilines is 2. The fourth-order valence-corrected chi connectivity index (χ4v) is 4.68. The number of thiazole rings is 1. The van der Waals surface area contributed by atoms with Gasteiger partial charge in [-0.15, -0.1) is 11.3 Å². The van der Waals surface area contributed by atoms with E-state index < -0.39 is 10.0 Å². The number of rotatable bonds is 7. The first-order valence-corrected chi connectivity index (χ1v) is 11.1. The molecule has 0 radical (unpaired) electrons. The third-order valence-corrected chi connectivity index (χ3v) is 6.23. The highest BCUT2D eigenvalue weighted by Crippen LogP contribution is 2.24. The molecule has 3 rings (SSSR count). The number of benzene rings is 2. The van der Waals surface area contributed by atoms with Crippen LogP contribution in [0.15, 0.2) is 52.9 Å². The van der Waals surface area contributed by atoms with Crippen molar-refractivity contribution >= 4 is 38.1 Å². The highest BCUT2D eigenvalue weighted by atomic mass is 32.2. The van der Waals surface area contributed by atoms with E-state index in [4.69, 9.17) is 4.74 Å². The van der Waals surface area contributed by atoms with Crippen LogP contribution in [0.1, 0.15) is 16.7 Å². The van der Waals surface area contributed by atoms with E-state index in [0.717, 1.165) is 16.7 Å². The Kier molecular flexibility index (Phi) is 6.19. The van der Waals surface area contributed by atoms with Crippen LogP contribution < -0.4 is 14.8 Å². The Hall–Kier alpha value is -2.91. The van der Waals surface area contributed by atoms with Crippen molar-refractivity contribution in [2.45, 2.75) is 25.7 Å². The van der Waals surface area contributed by atoms with E-state index >= 15 is 0 Å². The SMILES string of the molecule is Cc1cc(C)c(OCC(=O)Nc2ccc(S(=O)(=O)Nc3nccs3)cc2)c(C)c1. The molecule has 0 fully saturated rings. The first-order chi connectivity index (χ1) is 13.7. The lowest BCUT2D eigenvalue weighted by Gasteiger charge is -2.13. The number of hydrogen-bond acceptors (Lipinski definition) is 6. The minimum Gasteiger partial charge on any atom is -0.483 e. The van der Waals surface area contributed by atoms with Gasteiger partial charge in [-0.3, -0.25) is 9.52 Å². The van der Waals surface area contributed by atoms with Gasteiger partial charge in [0.25, 0.3) is 15.9 Å². The van der Waals surface area contributed by atoms with Crippen molar-refractivity contribution in [1.82, 2.24) is 4.98 Å². The summed E-state index contributed by atoms with van der Waals surface area (Å²) in [4.78, 5) is 16.2. The van der Waals surface area contributed by atoms with Crippen molar-refractivity contribution in [3.05, 3.63) is 64.7 Å². The largest absolute Gasteiger partial charge is 0.483 e. The number of amides is 1. The zero-order valence-corrected chi connectivity index (χ0v) is 17.9. The van der Waals surface area contributed by atoms with Gasteiger partial charge in [0.05, 0.1) is 4.90 Å². The molecule has 0 bridgehead atoms. The maximum Gasteiger partial charge on any atom is 0.263 e. The Morgan fingerprint density at radius 1 is 1.10 bits per heavy atom. The Morgan fingerprint density at radius 3 is 2.34 bits per heavy atom. The molecule has 0 aliphatic heterocycles. The number of ether oxygens (including phenoxy) is 1. The average molecular weight is 432 g/mol.